The van der Waals surface area contributed by atoms with E-state index < -0.39 is 11.3 Å². The molecule has 2 heterocycles. The van der Waals surface area contributed by atoms with Crippen LogP contribution < -0.4 is 0 Å². The first kappa shape index (κ1) is 27.1. The van der Waals surface area contributed by atoms with Crippen LogP contribution in [0.5, 0.6) is 0 Å². The van der Waals surface area contributed by atoms with Gasteiger partial charge in [0.1, 0.15) is 5.41 Å². The van der Waals surface area contributed by atoms with Crippen molar-refractivity contribution in [1.82, 2.24) is 9.80 Å². The molecule has 34 heavy (non-hydrogen) atoms. The molecule has 2 saturated heterocycles. The molecule has 192 valence electrons. The van der Waals surface area contributed by atoms with Crippen molar-refractivity contribution < 1.29 is 19.1 Å². The summed E-state index contributed by atoms with van der Waals surface area (Å²) in [5.74, 6) is 1.20. The lowest BCUT2D eigenvalue weighted by molar-refractivity contribution is -0.162. The maximum absolute atomic E-state index is 13.7. The number of carbonyl (C=O) groups is 3. The van der Waals surface area contributed by atoms with E-state index in [4.69, 9.17) is 4.74 Å². The Morgan fingerprint density at radius 3 is 2.47 bits per heavy atom. The highest BCUT2D eigenvalue weighted by atomic mass is 32.2. The number of ether oxygens (including phenoxy) is 1. The minimum atomic E-state index is -0.852. The molecular weight excluding hydrogens is 448 g/mol. The number of likely N-dealkylation sites (tertiary alicyclic amines) is 1. The first-order valence-electron chi connectivity index (χ1n) is 13.2. The molecule has 2 fully saturated rings. The van der Waals surface area contributed by atoms with Gasteiger partial charge in [0.05, 0.1) is 7.11 Å². The van der Waals surface area contributed by atoms with Crippen molar-refractivity contribution in [2.45, 2.75) is 85.0 Å². The van der Waals surface area contributed by atoms with Gasteiger partial charge < -0.3 is 14.5 Å². The second-order valence-corrected chi connectivity index (χ2v) is 12.3. The fraction of sp³-hybridized carbons (Fsp3) is 0.815. The quantitative estimate of drug-likeness (QED) is 0.316. The summed E-state index contributed by atoms with van der Waals surface area (Å²) in [5.41, 5.74) is -0.0898. The average molecular weight is 493 g/mol. The van der Waals surface area contributed by atoms with Gasteiger partial charge >= 0.3 is 5.97 Å². The Morgan fingerprint density at radius 1 is 1.12 bits per heavy atom. The van der Waals surface area contributed by atoms with Crippen LogP contribution >= 0.6 is 11.8 Å². The Bertz CT molecular complexity index is 775. The van der Waals surface area contributed by atoms with E-state index in [0.29, 0.717) is 19.4 Å². The second-order valence-electron chi connectivity index (χ2n) is 11.1. The van der Waals surface area contributed by atoms with Crippen molar-refractivity contribution in [3.05, 3.63) is 11.8 Å². The number of amides is 2. The summed E-state index contributed by atoms with van der Waals surface area (Å²) in [4.78, 5) is 44.0. The number of nitrogens with zero attached hydrogens (tertiary/aromatic N) is 2. The molecule has 0 N–H and O–H groups in total. The van der Waals surface area contributed by atoms with E-state index in [1.54, 1.807) is 0 Å². The number of esters is 1. The fourth-order valence-corrected chi connectivity index (χ4v) is 6.89. The van der Waals surface area contributed by atoms with Gasteiger partial charge in [0.2, 0.25) is 11.8 Å². The summed E-state index contributed by atoms with van der Waals surface area (Å²) >= 11 is 1.86. The van der Waals surface area contributed by atoms with Crippen LogP contribution in [0.1, 0.15) is 85.0 Å². The van der Waals surface area contributed by atoms with Crippen molar-refractivity contribution in [3.8, 4) is 0 Å². The summed E-state index contributed by atoms with van der Waals surface area (Å²) in [7, 11) is 1.44. The Kier molecular flexibility index (Phi) is 9.53. The Morgan fingerprint density at radius 2 is 1.79 bits per heavy atom. The highest BCUT2D eigenvalue weighted by Crippen LogP contribution is 2.54. The summed E-state index contributed by atoms with van der Waals surface area (Å²) in [6, 6.07) is 0. The standard InChI is InChI=1S/C27H44N2O4S/c1-5-6-7-8-9-10-13-29-22-11-12-26(2,3)20-27(22,25(32)33-4)19-21(24(29)31)18-23(30)28-14-16-34-17-15-28/h11,21H,5-10,12-20H2,1-4H3/t21-,27+/m0/s1. The molecule has 3 rings (SSSR count). The zero-order valence-electron chi connectivity index (χ0n) is 21.7. The van der Waals surface area contributed by atoms with Crippen molar-refractivity contribution in [1.29, 1.82) is 0 Å². The lowest BCUT2D eigenvalue weighted by Gasteiger charge is -2.51. The molecule has 2 amide bonds. The molecule has 2 atom stereocenters. The normalized spacial score (nSPS) is 26.6. The largest absolute Gasteiger partial charge is 0.468 e. The smallest absolute Gasteiger partial charge is 0.317 e. The van der Waals surface area contributed by atoms with E-state index in [1.165, 1.54) is 32.8 Å². The van der Waals surface area contributed by atoms with Crippen molar-refractivity contribution in [2.75, 3.05) is 38.2 Å². The molecule has 0 radical (unpaired) electrons. The highest BCUT2D eigenvalue weighted by Gasteiger charge is 2.57. The van der Waals surface area contributed by atoms with Crippen LogP contribution in [0.3, 0.4) is 0 Å². The van der Waals surface area contributed by atoms with Gasteiger partial charge in [-0.25, -0.2) is 0 Å². The number of rotatable bonds is 10. The van der Waals surface area contributed by atoms with Gasteiger partial charge in [0.15, 0.2) is 0 Å². The topological polar surface area (TPSA) is 66.9 Å². The van der Waals surface area contributed by atoms with Crippen molar-refractivity contribution in [3.63, 3.8) is 0 Å². The third-order valence-electron chi connectivity index (χ3n) is 7.72. The zero-order chi connectivity index (χ0) is 24.8. The van der Waals surface area contributed by atoms with Gasteiger partial charge in [0, 0.05) is 49.2 Å². The molecule has 0 aromatic carbocycles. The number of thioether (sulfide) groups is 1. The van der Waals surface area contributed by atoms with Crippen LogP contribution in [-0.2, 0) is 19.1 Å². The van der Waals surface area contributed by atoms with Gasteiger partial charge in [-0.05, 0) is 31.1 Å². The number of fused-ring (bicyclic) bond motifs is 1. The molecule has 0 unspecified atom stereocenters. The Balaban J connectivity index is 1.84. The number of unbranched alkanes of at least 4 members (excludes halogenated alkanes) is 5. The Labute approximate surface area is 210 Å². The first-order valence-corrected chi connectivity index (χ1v) is 14.4. The minimum Gasteiger partial charge on any atom is -0.468 e. The summed E-state index contributed by atoms with van der Waals surface area (Å²) in [5, 5.41) is 0. The molecule has 0 bridgehead atoms. The van der Waals surface area contributed by atoms with Gasteiger partial charge in [0.25, 0.3) is 0 Å². The monoisotopic (exact) mass is 492 g/mol. The molecule has 2 aliphatic heterocycles. The van der Waals surface area contributed by atoms with E-state index in [0.717, 1.165) is 49.6 Å². The Hall–Kier alpha value is -1.50. The van der Waals surface area contributed by atoms with Crippen LogP contribution in [-0.4, -0.2) is 65.8 Å². The summed E-state index contributed by atoms with van der Waals surface area (Å²) < 4.78 is 5.35. The molecule has 3 aliphatic rings. The van der Waals surface area contributed by atoms with E-state index in [2.05, 4.69) is 26.8 Å². The SMILES string of the molecule is CCCCCCCCN1C(=O)[C@@H](CC(=O)N2CCSCC2)C[C@@]2(C(=O)OC)CC(C)(C)CC=C12. The minimum absolute atomic E-state index is 0.0128. The molecule has 0 aromatic rings. The molecule has 7 heteroatoms. The van der Waals surface area contributed by atoms with Gasteiger partial charge in [-0.2, -0.15) is 11.8 Å². The lowest BCUT2D eigenvalue weighted by Crippen LogP contribution is -2.56. The number of hydrogen-bond acceptors (Lipinski definition) is 5. The van der Waals surface area contributed by atoms with E-state index in [1.807, 2.05) is 21.6 Å². The number of methoxy groups -OCH3 is 1. The van der Waals surface area contributed by atoms with Crippen molar-refractivity contribution >= 4 is 29.5 Å². The molecule has 1 aliphatic carbocycles. The number of hydrogen-bond donors (Lipinski definition) is 0. The molecule has 6 nitrogen and oxygen atoms in total. The number of allylic oxidation sites excluding steroid dienone is 1. The number of piperidine rings is 1. The molecule has 0 aromatic heterocycles. The van der Waals surface area contributed by atoms with Gasteiger partial charge in [-0.15, -0.1) is 0 Å². The predicted octanol–water partition coefficient (Wildman–Crippen LogP) is 5.02. The first-order chi connectivity index (χ1) is 16.2. The average Bonchev–Trinajstić information content (AvgIpc) is 2.82. The lowest BCUT2D eigenvalue weighted by atomic mass is 9.59. The fourth-order valence-electron chi connectivity index (χ4n) is 5.99. The van der Waals surface area contributed by atoms with Crippen molar-refractivity contribution in [2.24, 2.45) is 16.7 Å². The highest BCUT2D eigenvalue weighted by molar-refractivity contribution is 7.99. The van der Waals surface area contributed by atoms with E-state index in [-0.39, 0.29) is 29.6 Å². The summed E-state index contributed by atoms with van der Waals surface area (Å²) in [6.45, 7) is 8.65. The third-order valence-corrected chi connectivity index (χ3v) is 8.66. The van der Waals surface area contributed by atoms with Crippen LogP contribution in [0.25, 0.3) is 0 Å². The van der Waals surface area contributed by atoms with E-state index in [9.17, 15) is 14.4 Å². The van der Waals surface area contributed by atoms with Crippen LogP contribution in [0.15, 0.2) is 11.8 Å². The van der Waals surface area contributed by atoms with Crippen LogP contribution in [0, 0.1) is 16.7 Å². The van der Waals surface area contributed by atoms with E-state index >= 15 is 0 Å². The maximum atomic E-state index is 13.7. The number of carbonyl (C=O) groups excluding carboxylic acids is 3. The molecular formula is C27H44N2O4S. The maximum Gasteiger partial charge on any atom is 0.317 e. The van der Waals surface area contributed by atoms with Gasteiger partial charge in [-0.3, -0.25) is 14.4 Å². The van der Waals surface area contributed by atoms with Crippen LogP contribution in [0.4, 0.5) is 0 Å². The molecule has 0 saturated carbocycles. The van der Waals surface area contributed by atoms with Gasteiger partial charge in [-0.1, -0.05) is 59.0 Å². The third kappa shape index (κ3) is 6.19. The van der Waals surface area contributed by atoms with Crippen LogP contribution in [0.2, 0.25) is 0 Å². The molecule has 0 spiro atoms. The second kappa shape index (κ2) is 12.0. The summed E-state index contributed by atoms with van der Waals surface area (Å²) in [6.07, 6.45) is 11.0. The predicted molar refractivity (Wildman–Crippen MR) is 137 cm³/mol. The zero-order valence-corrected chi connectivity index (χ0v) is 22.5.